The van der Waals surface area contributed by atoms with Crippen molar-refractivity contribution in [2.24, 2.45) is 4.99 Å². The predicted molar refractivity (Wildman–Crippen MR) is 95.2 cm³/mol. The SMILES string of the molecule is C=CCn1c(O)c(C(CC)=NCCN2CCCCC2)c(=O)[nH]c1=O. The molecule has 24 heavy (non-hydrogen) atoms. The Labute approximate surface area is 141 Å². The molecule has 2 heterocycles. The fraction of sp³-hybridized carbons (Fsp3) is 0.588. The first-order valence-corrected chi connectivity index (χ1v) is 8.51. The Bertz CT molecular complexity index is 712. The molecule has 1 saturated heterocycles. The van der Waals surface area contributed by atoms with Gasteiger partial charge in [0.25, 0.3) is 5.56 Å². The van der Waals surface area contributed by atoms with Gasteiger partial charge in [-0.15, -0.1) is 6.58 Å². The van der Waals surface area contributed by atoms with Gasteiger partial charge < -0.3 is 10.0 Å². The number of aliphatic imine (C=N–C) groups is 1. The molecule has 1 aromatic rings. The molecule has 0 atom stereocenters. The number of aromatic amines is 1. The first-order chi connectivity index (χ1) is 11.6. The van der Waals surface area contributed by atoms with Gasteiger partial charge in [-0.05, 0) is 32.4 Å². The summed E-state index contributed by atoms with van der Waals surface area (Å²) in [7, 11) is 0. The van der Waals surface area contributed by atoms with Gasteiger partial charge in [0, 0.05) is 13.1 Å². The van der Waals surface area contributed by atoms with Crippen molar-refractivity contribution in [3.05, 3.63) is 39.1 Å². The van der Waals surface area contributed by atoms with Gasteiger partial charge >= 0.3 is 5.69 Å². The van der Waals surface area contributed by atoms with Crippen LogP contribution >= 0.6 is 0 Å². The van der Waals surface area contributed by atoms with E-state index in [1.807, 2.05) is 6.92 Å². The van der Waals surface area contributed by atoms with Gasteiger partial charge in [0.1, 0.15) is 5.56 Å². The van der Waals surface area contributed by atoms with E-state index in [9.17, 15) is 14.7 Å². The van der Waals surface area contributed by atoms with Gasteiger partial charge in [-0.3, -0.25) is 19.3 Å². The summed E-state index contributed by atoms with van der Waals surface area (Å²) in [6.45, 7) is 9.15. The molecular weight excluding hydrogens is 308 g/mol. The van der Waals surface area contributed by atoms with Crippen molar-refractivity contribution in [2.45, 2.75) is 39.2 Å². The van der Waals surface area contributed by atoms with Gasteiger partial charge in [-0.2, -0.15) is 0 Å². The van der Waals surface area contributed by atoms with Crippen LogP contribution < -0.4 is 11.2 Å². The molecule has 7 nitrogen and oxygen atoms in total. The normalized spacial score (nSPS) is 16.3. The summed E-state index contributed by atoms with van der Waals surface area (Å²) in [5.74, 6) is -0.345. The van der Waals surface area contributed by atoms with Crippen molar-refractivity contribution in [2.75, 3.05) is 26.2 Å². The second-order valence-electron chi connectivity index (χ2n) is 5.94. The van der Waals surface area contributed by atoms with E-state index in [-0.39, 0.29) is 18.0 Å². The highest BCUT2D eigenvalue weighted by Crippen LogP contribution is 2.14. The van der Waals surface area contributed by atoms with Crippen LogP contribution in [-0.2, 0) is 6.54 Å². The number of rotatable bonds is 7. The van der Waals surface area contributed by atoms with Crippen molar-refractivity contribution in [1.29, 1.82) is 0 Å². The molecule has 0 radical (unpaired) electrons. The van der Waals surface area contributed by atoms with Gasteiger partial charge in [0.05, 0.1) is 12.3 Å². The van der Waals surface area contributed by atoms with Crippen LogP contribution in [0.25, 0.3) is 0 Å². The molecule has 0 spiro atoms. The number of nitrogens with zero attached hydrogens (tertiary/aromatic N) is 3. The van der Waals surface area contributed by atoms with E-state index in [0.29, 0.717) is 18.7 Å². The molecule has 1 aromatic heterocycles. The van der Waals surface area contributed by atoms with Crippen LogP contribution in [-0.4, -0.2) is 51.4 Å². The number of hydrogen-bond acceptors (Lipinski definition) is 5. The number of piperidine rings is 1. The van der Waals surface area contributed by atoms with E-state index in [0.717, 1.165) is 24.2 Å². The predicted octanol–water partition coefficient (Wildman–Crippen LogP) is 1.11. The largest absolute Gasteiger partial charge is 0.494 e. The Kier molecular flexibility index (Phi) is 6.54. The highest BCUT2D eigenvalue weighted by Gasteiger charge is 2.18. The van der Waals surface area contributed by atoms with E-state index < -0.39 is 11.2 Å². The Balaban J connectivity index is 2.24. The van der Waals surface area contributed by atoms with Crippen LogP contribution in [0, 0.1) is 0 Å². The topological polar surface area (TPSA) is 90.7 Å². The van der Waals surface area contributed by atoms with Crippen LogP contribution in [0.15, 0.2) is 27.2 Å². The van der Waals surface area contributed by atoms with Crippen molar-refractivity contribution in [3.63, 3.8) is 0 Å². The Morgan fingerprint density at radius 3 is 2.67 bits per heavy atom. The van der Waals surface area contributed by atoms with E-state index in [1.54, 1.807) is 0 Å². The second-order valence-corrected chi connectivity index (χ2v) is 5.94. The van der Waals surface area contributed by atoms with Crippen LogP contribution in [0.5, 0.6) is 5.88 Å². The zero-order valence-electron chi connectivity index (χ0n) is 14.3. The third-order valence-corrected chi connectivity index (χ3v) is 4.27. The Hall–Kier alpha value is -2.15. The molecule has 0 aliphatic carbocycles. The molecular formula is C17H26N4O3. The minimum absolute atomic E-state index is 0.0811. The van der Waals surface area contributed by atoms with Crippen molar-refractivity contribution in [1.82, 2.24) is 14.5 Å². The molecule has 132 valence electrons. The van der Waals surface area contributed by atoms with Crippen molar-refractivity contribution >= 4 is 5.71 Å². The molecule has 0 unspecified atom stereocenters. The highest BCUT2D eigenvalue weighted by molar-refractivity contribution is 6.01. The summed E-state index contributed by atoms with van der Waals surface area (Å²) in [5, 5.41) is 10.3. The lowest BCUT2D eigenvalue weighted by Crippen LogP contribution is -2.34. The monoisotopic (exact) mass is 334 g/mol. The number of nitrogens with one attached hydrogen (secondary N) is 1. The molecule has 0 saturated carbocycles. The summed E-state index contributed by atoms with van der Waals surface area (Å²) < 4.78 is 1.08. The minimum Gasteiger partial charge on any atom is -0.494 e. The van der Waals surface area contributed by atoms with Crippen LogP contribution in [0.3, 0.4) is 0 Å². The Morgan fingerprint density at radius 1 is 1.33 bits per heavy atom. The van der Waals surface area contributed by atoms with Crippen LogP contribution in [0.4, 0.5) is 0 Å². The van der Waals surface area contributed by atoms with E-state index in [1.165, 1.54) is 25.3 Å². The second kappa shape index (κ2) is 8.63. The molecule has 1 aliphatic heterocycles. The van der Waals surface area contributed by atoms with Gasteiger partial charge in [0.2, 0.25) is 5.88 Å². The standard InChI is InChI=1S/C17H26N4O3/c1-3-9-21-16(23)14(15(22)19-17(21)24)13(4-2)18-8-12-20-10-6-5-7-11-20/h3,23H,1,4-12H2,2H3,(H,19,22,24). The maximum atomic E-state index is 12.1. The molecule has 2 N–H and O–H groups in total. The number of likely N-dealkylation sites (tertiary alicyclic amines) is 1. The van der Waals surface area contributed by atoms with Crippen molar-refractivity contribution in [3.8, 4) is 5.88 Å². The molecule has 0 aromatic carbocycles. The van der Waals surface area contributed by atoms with E-state index in [2.05, 4.69) is 21.5 Å². The number of allylic oxidation sites excluding steroid dienone is 1. The van der Waals surface area contributed by atoms with Gasteiger partial charge in [0.15, 0.2) is 0 Å². The zero-order chi connectivity index (χ0) is 17.5. The summed E-state index contributed by atoms with van der Waals surface area (Å²) in [4.78, 5) is 33.0. The summed E-state index contributed by atoms with van der Waals surface area (Å²) in [5.41, 5.74) is -0.650. The average molecular weight is 334 g/mol. The fourth-order valence-corrected chi connectivity index (χ4v) is 3.00. The quantitative estimate of drug-likeness (QED) is 0.577. The molecule has 1 aliphatic rings. The third kappa shape index (κ3) is 4.23. The van der Waals surface area contributed by atoms with Crippen LogP contribution in [0.1, 0.15) is 38.2 Å². The van der Waals surface area contributed by atoms with Gasteiger partial charge in [-0.25, -0.2) is 4.79 Å². The lowest BCUT2D eigenvalue weighted by Gasteiger charge is -2.25. The zero-order valence-corrected chi connectivity index (χ0v) is 14.3. The molecule has 1 fully saturated rings. The van der Waals surface area contributed by atoms with Crippen molar-refractivity contribution < 1.29 is 5.11 Å². The lowest BCUT2D eigenvalue weighted by molar-refractivity contribution is 0.235. The van der Waals surface area contributed by atoms with Crippen LogP contribution in [0.2, 0.25) is 0 Å². The summed E-state index contributed by atoms with van der Waals surface area (Å²) >= 11 is 0. The number of aromatic hydroxyl groups is 1. The Morgan fingerprint density at radius 2 is 2.04 bits per heavy atom. The number of aromatic nitrogens is 2. The lowest BCUT2D eigenvalue weighted by atomic mass is 10.1. The smallest absolute Gasteiger partial charge is 0.331 e. The minimum atomic E-state index is -0.648. The summed E-state index contributed by atoms with van der Waals surface area (Å²) in [6, 6.07) is 0. The average Bonchev–Trinajstić information content (AvgIpc) is 2.58. The van der Waals surface area contributed by atoms with E-state index in [4.69, 9.17) is 0 Å². The molecule has 0 bridgehead atoms. The third-order valence-electron chi connectivity index (χ3n) is 4.27. The maximum absolute atomic E-state index is 12.1. The first-order valence-electron chi connectivity index (χ1n) is 8.51. The molecule has 2 rings (SSSR count). The first kappa shape index (κ1) is 18.2. The molecule has 0 amide bonds. The van der Waals surface area contributed by atoms with E-state index >= 15 is 0 Å². The molecule has 7 heteroatoms. The number of hydrogen-bond donors (Lipinski definition) is 2. The number of H-pyrrole nitrogens is 1. The fourth-order valence-electron chi connectivity index (χ4n) is 3.00. The summed E-state index contributed by atoms with van der Waals surface area (Å²) in [6.07, 6.45) is 5.72. The van der Waals surface area contributed by atoms with Gasteiger partial charge in [-0.1, -0.05) is 19.4 Å². The maximum Gasteiger partial charge on any atom is 0.331 e. The highest BCUT2D eigenvalue weighted by atomic mass is 16.3.